The van der Waals surface area contributed by atoms with Crippen LogP contribution in [0.4, 0.5) is 10.5 Å². The highest BCUT2D eigenvalue weighted by atomic mass is 16.4. The van der Waals surface area contributed by atoms with Crippen LogP contribution >= 0.6 is 0 Å². The van der Waals surface area contributed by atoms with Gasteiger partial charge in [-0.25, -0.2) is 4.79 Å². The minimum atomic E-state index is -1.04. The van der Waals surface area contributed by atoms with Crippen LogP contribution in [0, 0.1) is 0 Å². The average Bonchev–Trinajstić information content (AvgIpc) is 2.64. The number of nitrogens with one attached hydrogen (secondary N) is 1. The van der Waals surface area contributed by atoms with Gasteiger partial charge >= 0.3 is 12.0 Å². The van der Waals surface area contributed by atoms with Crippen molar-refractivity contribution in [1.29, 1.82) is 0 Å². The number of amides is 2. The van der Waals surface area contributed by atoms with E-state index >= 15 is 0 Å². The highest BCUT2D eigenvalue weighted by Gasteiger charge is 2.29. The van der Waals surface area contributed by atoms with E-state index in [9.17, 15) is 9.59 Å². The second-order valence-electron chi connectivity index (χ2n) is 5.60. The standard InChI is InChI=1S/C13H22N4O3/c1-6-9-10(7-16(5)15-9)14-12(20)17(8-11(18)19)13(2,3)4/h7H,6,8H2,1-5H3,(H,14,20)(H,18,19). The first-order valence-corrected chi connectivity index (χ1v) is 6.48. The molecule has 0 aliphatic heterocycles. The number of urea groups is 1. The first-order chi connectivity index (χ1) is 9.15. The van der Waals surface area contributed by atoms with Crippen molar-refractivity contribution in [3.63, 3.8) is 0 Å². The van der Waals surface area contributed by atoms with Crippen LogP contribution in [0.15, 0.2) is 6.20 Å². The number of nitrogens with zero attached hydrogens (tertiary/aromatic N) is 3. The summed E-state index contributed by atoms with van der Waals surface area (Å²) in [7, 11) is 1.77. The minimum absolute atomic E-state index is 0.350. The van der Waals surface area contributed by atoms with Gasteiger partial charge in [0.05, 0.1) is 11.4 Å². The summed E-state index contributed by atoms with van der Waals surface area (Å²) in [5, 5.41) is 15.9. The fraction of sp³-hybridized carbons (Fsp3) is 0.615. The Hall–Kier alpha value is -2.05. The molecule has 0 atom stereocenters. The summed E-state index contributed by atoms with van der Waals surface area (Å²) in [6.07, 6.45) is 2.39. The molecule has 0 aliphatic rings. The summed E-state index contributed by atoms with van der Waals surface area (Å²) in [5.41, 5.74) is 0.793. The normalized spacial score (nSPS) is 11.2. The van der Waals surface area contributed by atoms with Crippen LogP contribution < -0.4 is 5.32 Å². The van der Waals surface area contributed by atoms with Crippen LogP contribution in [-0.2, 0) is 18.3 Å². The zero-order valence-electron chi connectivity index (χ0n) is 12.6. The van der Waals surface area contributed by atoms with Crippen LogP contribution in [0.2, 0.25) is 0 Å². The number of carboxylic acid groups (broad SMARTS) is 1. The largest absolute Gasteiger partial charge is 0.480 e. The van der Waals surface area contributed by atoms with Gasteiger partial charge in [0.25, 0.3) is 0 Å². The molecule has 0 saturated heterocycles. The number of aliphatic carboxylic acids is 1. The third-order valence-corrected chi connectivity index (χ3v) is 2.83. The number of carboxylic acids is 1. The number of carbonyl (C=O) groups is 2. The van der Waals surface area contributed by atoms with Gasteiger partial charge in [0.2, 0.25) is 0 Å². The fourth-order valence-electron chi connectivity index (χ4n) is 1.83. The van der Waals surface area contributed by atoms with Crippen molar-refractivity contribution in [2.75, 3.05) is 11.9 Å². The van der Waals surface area contributed by atoms with Gasteiger partial charge in [-0.3, -0.25) is 9.48 Å². The van der Waals surface area contributed by atoms with Crippen molar-refractivity contribution in [2.45, 2.75) is 39.7 Å². The molecule has 0 saturated carbocycles. The van der Waals surface area contributed by atoms with E-state index in [0.29, 0.717) is 12.1 Å². The van der Waals surface area contributed by atoms with Crippen LogP contribution in [0.25, 0.3) is 0 Å². The lowest BCUT2D eigenvalue weighted by molar-refractivity contribution is -0.138. The van der Waals surface area contributed by atoms with E-state index in [1.54, 1.807) is 38.7 Å². The molecular formula is C13H22N4O3. The zero-order chi connectivity index (χ0) is 15.5. The van der Waals surface area contributed by atoms with Crippen molar-refractivity contribution < 1.29 is 14.7 Å². The Morgan fingerprint density at radius 1 is 1.45 bits per heavy atom. The first-order valence-electron chi connectivity index (χ1n) is 6.48. The number of anilines is 1. The van der Waals surface area contributed by atoms with Crippen molar-refractivity contribution >= 4 is 17.7 Å². The Labute approximate surface area is 118 Å². The molecule has 0 bridgehead atoms. The molecule has 0 fully saturated rings. The molecule has 0 unspecified atom stereocenters. The number of hydrogen-bond acceptors (Lipinski definition) is 3. The van der Waals surface area contributed by atoms with Crippen molar-refractivity contribution in [3.05, 3.63) is 11.9 Å². The Morgan fingerprint density at radius 2 is 2.05 bits per heavy atom. The molecule has 0 spiro atoms. The molecule has 0 aliphatic carbocycles. The molecule has 1 aromatic heterocycles. The van der Waals surface area contributed by atoms with Gasteiger partial charge in [0.1, 0.15) is 6.54 Å². The van der Waals surface area contributed by atoms with E-state index in [4.69, 9.17) is 5.11 Å². The SMILES string of the molecule is CCc1nn(C)cc1NC(=O)N(CC(=O)O)C(C)(C)C. The lowest BCUT2D eigenvalue weighted by Crippen LogP contribution is -2.50. The Kier molecular flexibility index (Phi) is 4.75. The average molecular weight is 282 g/mol. The van der Waals surface area contributed by atoms with Gasteiger partial charge < -0.3 is 15.3 Å². The van der Waals surface area contributed by atoms with Crippen molar-refractivity contribution in [1.82, 2.24) is 14.7 Å². The molecule has 0 radical (unpaired) electrons. The number of aromatic nitrogens is 2. The minimum Gasteiger partial charge on any atom is -0.480 e. The number of carbonyl (C=O) groups excluding carboxylic acids is 1. The van der Waals surface area contributed by atoms with Crippen molar-refractivity contribution in [3.8, 4) is 0 Å². The molecule has 7 heteroatoms. The Morgan fingerprint density at radius 3 is 2.50 bits per heavy atom. The monoisotopic (exact) mass is 282 g/mol. The molecule has 2 amide bonds. The molecule has 20 heavy (non-hydrogen) atoms. The maximum Gasteiger partial charge on any atom is 0.323 e. The molecule has 0 aromatic carbocycles. The summed E-state index contributed by atoms with van der Waals surface area (Å²) >= 11 is 0. The molecule has 2 N–H and O–H groups in total. The van der Waals surface area contributed by atoms with E-state index in [1.165, 1.54) is 4.90 Å². The maximum atomic E-state index is 12.3. The summed E-state index contributed by atoms with van der Waals surface area (Å²) in [4.78, 5) is 24.5. The van der Waals surface area contributed by atoms with E-state index in [2.05, 4.69) is 10.4 Å². The summed E-state index contributed by atoms with van der Waals surface area (Å²) in [6.45, 7) is 6.96. The number of aryl methyl sites for hydroxylation is 2. The fourth-order valence-corrected chi connectivity index (χ4v) is 1.83. The highest BCUT2D eigenvalue weighted by Crippen LogP contribution is 2.18. The highest BCUT2D eigenvalue weighted by molar-refractivity contribution is 5.92. The Balaban J connectivity index is 2.93. The molecular weight excluding hydrogens is 260 g/mol. The summed E-state index contributed by atoms with van der Waals surface area (Å²) in [5.74, 6) is -1.04. The smallest absolute Gasteiger partial charge is 0.323 e. The van der Waals surface area contributed by atoms with Crippen LogP contribution in [0.5, 0.6) is 0 Å². The number of rotatable bonds is 4. The van der Waals surface area contributed by atoms with Gasteiger partial charge in [-0.1, -0.05) is 6.92 Å². The zero-order valence-corrected chi connectivity index (χ0v) is 12.6. The van der Waals surface area contributed by atoms with E-state index in [1.807, 2.05) is 6.92 Å². The molecule has 7 nitrogen and oxygen atoms in total. The van der Waals surface area contributed by atoms with Crippen LogP contribution in [0.3, 0.4) is 0 Å². The number of hydrogen-bond donors (Lipinski definition) is 2. The predicted molar refractivity (Wildman–Crippen MR) is 75.7 cm³/mol. The second kappa shape index (κ2) is 5.94. The molecule has 1 aromatic rings. The van der Waals surface area contributed by atoms with Gasteiger partial charge in [0.15, 0.2) is 0 Å². The van der Waals surface area contributed by atoms with Gasteiger partial charge in [-0.15, -0.1) is 0 Å². The maximum absolute atomic E-state index is 12.3. The predicted octanol–water partition coefficient (Wildman–Crippen LogP) is 1.70. The molecule has 112 valence electrons. The van der Waals surface area contributed by atoms with Crippen LogP contribution in [0.1, 0.15) is 33.4 Å². The topological polar surface area (TPSA) is 87.5 Å². The van der Waals surface area contributed by atoms with Crippen molar-refractivity contribution in [2.24, 2.45) is 7.05 Å². The first kappa shape index (κ1) is 16.0. The second-order valence-corrected chi connectivity index (χ2v) is 5.60. The third-order valence-electron chi connectivity index (χ3n) is 2.83. The third kappa shape index (κ3) is 3.97. The molecule has 1 heterocycles. The van der Waals surface area contributed by atoms with Gasteiger partial charge in [0, 0.05) is 18.8 Å². The lowest BCUT2D eigenvalue weighted by Gasteiger charge is -2.34. The van der Waals surface area contributed by atoms with Crippen LogP contribution in [-0.4, -0.2) is 43.9 Å². The van der Waals surface area contributed by atoms with E-state index in [-0.39, 0.29) is 6.54 Å². The summed E-state index contributed by atoms with van der Waals surface area (Å²) in [6, 6.07) is -0.442. The quantitative estimate of drug-likeness (QED) is 0.880. The van der Waals surface area contributed by atoms with E-state index in [0.717, 1.165) is 5.69 Å². The van der Waals surface area contributed by atoms with Gasteiger partial charge in [-0.2, -0.15) is 5.10 Å². The van der Waals surface area contributed by atoms with Gasteiger partial charge in [-0.05, 0) is 27.2 Å². The lowest BCUT2D eigenvalue weighted by atomic mass is 10.1. The summed E-state index contributed by atoms with van der Waals surface area (Å²) < 4.78 is 1.62. The molecule has 1 rings (SSSR count). The Bertz CT molecular complexity index is 502. The van der Waals surface area contributed by atoms with E-state index < -0.39 is 17.5 Å².